The molecule has 0 aliphatic carbocycles. The van der Waals surface area contributed by atoms with Crippen LogP contribution in [-0.4, -0.2) is 25.6 Å². The fourth-order valence-electron chi connectivity index (χ4n) is 0.799. The number of carbonyl (C=O) groups is 1. The topological polar surface area (TPSA) is 37.3 Å². The van der Waals surface area contributed by atoms with Gasteiger partial charge in [-0.25, -0.2) is 0 Å². The number of carboxylic acid groups (broad SMARTS) is 1. The summed E-state index contributed by atoms with van der Waals surface area (Å²) in [6.45, 7) is 4.24. The average molecular weight is 219 g/mol. The molecule has 0 saturated carbocycles. The van der Waals surface area contributed by atoms with Crippen LogP contribution in [0.15, 0.2) is 0 Å². The Bertz CT molecular complexity index is 113. The Balaban J connectivity index is 2.97. The van der Waals surface area contributed by atoms with Gasteiger partial charge < -0.3 is 0 Å². The van der Waals surface area contributed by atoms with E-state index < -0.39 is 20.5 Å². The average Bonchev–Trinajstić information content (AvgIpc) is 1.85. The second kappa shape index (κ2) is 6.72. The van der Waals surface area contributed by atoms with E-state index in [1.165, 1.54) is 12.3 Å². The van der Waals surface area contributed by atoms with Crippen molar-refractivity contribution >= 4 is 20.5 Å². The summed E-state index contributed by atoms with van der Waals surface area (Å²) in [6.07, 6.45) is 3.42. The first-order valence-electron chi connectivity index (χ1n) is 3.88. The van der Waals surface area contributed by atoms with Crippen molar-refractivity contribution in [1.29, 1.82) is 0 Å². The van der Waals surface area contributed by atoms with E-state index >= 15 is 0 Å². The van der Waals surface area contributed by atoms with E-state index in [9.17, 15) is 4.79 Å². The van der Waals surface area contributed by atoms with Crippen LogP contribution in [0, 0.1) is 5.92 Å². The second-order valence-electron chi connectivity index (χ2n) is 2.90. The van der Waals surface area contributed by atoms with Crippen molar-refractivity contribution in [2.45, 2.75) is 38.3 Å². The molecule has 0 aromatic rings. The standard InChI is InChI=1S/C8H16AsO2/c1-7(2)5-3-4-6-9-8(10)11/h9H,3-6H2,1-2H3,(H,10,11). The van der Waals surface area contributed by atoms with Gasteiger partial charge in [-0.05, 0) is 0 Å². The second-order valence-corrected chi connectivity index (χ2v) is 5.58. The molecule has 1 N–H and O–H groups in total. The van der Waals surface area contributed by atoms with Crippen LogP contribution in [0.25, 0.3) is 0 Å². The molecule has 11 heavy (non-hydrogen) atoms. The van der Waals surface area contributed by atoms with Crippen LogP contribution in [0.5, 0.6) is 0 Å². The van der Waals surface area contributed by atoms with E-state index in [4.69, 9.17) is 5.11 Å². The van der Waals surface area contributed by atoms with Gasteiger partial charge in [-0.15, -0.1) is 0 Å². The van der Waals surface area contributed by atoms with Gasteiger partial charge in [0.05, 0.1) is 0 Å². The van der Waals surface area contributed by atoms with Gasteiger partial charge in [-0.1, -0.05) is 0 Å². The van der Waals surface area contributed by atoms with E-state index in [0.29, 0.717) is 0 Å². The Morgan fingerprint density at radius 2 is 2.00 bits per heavy atom. The Labute approximate surface area is 75.1 Å². The van der Waals surface area contributed by atoms with Crippen LogP contribution < -0.4 is 0 Å². The van der Waals surface area contributed by atoms with Crippen molar-refractivity contribution in [3.05, 3.63) is 5.92 Å². The molecule has 0 saturated heterocycles. The minimum atomic E-state index is -0.680. The van der Waals surface area contributed by atoms with Crippen LogP contribution in [-0.2, 0) is 0 Å². The van der Waals surface area contributed by atoms with Crippen LogP contribution in [0.1, 0.15) is 33.1 Å². The molecule has 0 aromatic heterocycles. The maximum atomic E-state index is 10.1. The van der Waals surface area contributed by atoms with Gasteiger partial charge in [-0.2, -0.15) is 0 Å². The fourth-order valence-corrected chi connectivity index (χ4v) is 2.14. The molecular formula is C8H16AsO2. The van der Waals surface area contributed by atoms with E-state index in [1.807, 2.05) is 0 Å². The predicted molar refractivity (Wildman–Crippen MR) is 48.4 cm³/mol. The zero-order valence-electron chi connectivity index (χ0n) is 7.18. The SMILES string of the molecule is C[C](C)CCCC[AsH]C(=O)O. The van der Waals surface area contributed by atoms with Crippen molar-refractivity contribution < 1.29 is 9.90 Å². The first-order valence-corrected chi connectivity index (χ1v) is 6.42. The molecule has 0 aliphatic rings. The summed E-state index contributed by atoms with van der Waals surface area (Å²) in [4.78, 5) is 10.1. The normalized spacial score (nSPS) is 11.5. The molecule has 0 aromatic carbocycles. The van der Waals surface area contributed by atoms with Gasteiger partial charge in [0.15, 0.2) is 0 Å². The molecule has 0 heterocycles. The molecule has 0 amide bonds. The van der Waals surface area contributed by atoms with Crippen molar-refractivity contribution in [2.75, 3.05) is 0 Å². The summed E-state index contributed by atoms with van der Waals surface area (Å²) < 4.78 is -0.554. The molecular weight excluding hydrogens is 203 g/mol. The number of hydrogen-bond donors (Lipinski definition) is 1. The Morgan fingerprint density at radius 1 is 1.36 bits per heavy atom. The molecule has 1 unspecified atom stereocenters. The number of rotatable bonds is 6. The first-order chi connectivity index (χ1) is 5.13. The van der Waals surface area contributed by atoms with Gasteiger partial charge in [0, 0.05) is 0 Å². The summed E-state index contributed by atoms with van der Waals surface area (Å²) in [6, 6.07) is 0. The van der Waals surface area contributed by atoms with Crippen LogP contribution >= 0.6 is 0 Å². The van der Waals surface area contributed by atoms with Gasteiger partial charge in [0.2, 0.25) is 0 Å². The Morgan fingerprint density at radius 3 is 2.45 bits per heavy atom. The van der Waals surface area contributed by atoms with E-state index in [0.717, 1.165) is 18.1 Å². The molecule has 1 radical (unpaired) electrons. The van der Waals surface area contributed by atoms with Crippen LogP contribution in [0.4, 0.5) is 4.79 Å². The zero-order chi connectivity index (χ0) is 8.69. The van der Waals surface area contributed by atoms with Gasteiger partial charge in [0.25, 0.3) is 0 Å². The summed E-state index contributed by atoms with van der Waals surface area (Å²) in [7, 11) is 0. The Kier molecular flexibility index (Phi) is 6.74. The molecule has 0 spiro atoms. The summed E-state index contributed by atoms with van der Waals surface area (Å²) in [5, 5.41) is 9.32. The van der Waals surface area contributed by atoms with Crippen molar-refractivity contribution in [3.63, 3.8) is 0 Å². The van der Waals surface area contributed by atoms with Gasteiger partial charge in [-0.3, -0.25) is 0 Å². The van der Waals surface area contributed by atoms with Crippen molar-refractivity contribution in [2.24, 2.45) is 0 Å². The number of unbranched alkanes of at least 4 members (excludes halogenated alkanes) is 1. The van der Waals surface area contributed by atoms with E-state index in [1.54, 1.807) is 0 Å². The van der Waals surface area contributed by atoms with Crippen LogP contribution in [0.2, 0.25) is 5.21 Å². The molecule has 3 heteroatoms. The molecule has 0 rings (SSSR count). The summed E-state index contributed by atoms with van der Waals surface area (Å²) in [5.74, 6) is 1.44. The third kappa shape index (κ3) is 10.0. The predicted octanol–water partition coefficient (Wildman–Crippen LogP) is 2.30. The quantitative estimate of drug-likeness (QED) is 0.549. The van der Waals surface area contributed by atoms with Gasteiger partial charge in [0.1, 0.15) is 0 Å². The molecule has 1 atom stereocenters. The third-order valence-corrected chi connectivity index (χ3v) is 3.28. The minimum absolute atomic E-state index is 0.554. The molecule has 0 fully saturated rings. The fraction of sp³-hybridized carbons (Fsp3) is 0.750. The molecule has 0 bridgehead atoms. The van der Waals surface area contributed by atoms with Crippen molar-refractivity contribution in [1.82, 2.24) is 0 Å². The maximum absolute atomic E-state index is 10.1. The van der Waals surface area contributed by atoms with E-state index in [2.05, 4.69) is 13.8 Å². The van der Waals surface area contributed by atoms with Crippen LogP contribution in [0.3, 0.4) is 0 Å². The Hall–Kier alpha value is 0.0284. The number of hydrogen-bond acceptors (Lipinski definition) is 1. The third-order valence-electron chi connectivity index (χ3n) is 1.38. The van der Waals surface area contributed by atoms with E-state index in [-0.39, 0.29) is 0 Å². The zero-order valence-corrected chi connectivity index (χ0v) is 9.28. The first kappa shape index (κ1) is 11.0. The van der Waals surface area contributed by atoms with Crippen molar-refractivity contribution in [3.8, 4) is 0 Å². The van der Waals surface area contributed by atoms with Gasteiger partial charge >= 0.3 is 74.6 Å². The molecule has 0 aliphatic heterocycles. The summed E-state index contributed by atoms with van der Waals surface area (Å²) >= 11 is -0.680. The molecule has 2 nitrogen and oxygen atoms in total. The summed E-state index contributed by atoms with van der Waals surface area (Å²) in [5.41, 5.74) is 0. The molecule has 65 valence electrons. The monoisotopic (exact) mass is 219 g/mol.